The van der Waals surface area contributed by atoms with Crippen molar-refractivity contribution >= 4 is 28.5 Å². The van der Waals surface area contributed by atoms with Gasteiger partial charge in [0.2, 0.25) is 5.88 Å². The van der Waals surface area contributed by atoms with Crippen LogP contribution in [0.15, 0.2) is 67.1 Å². The maximum Gasteiger partial charge on any atom is 0.419 e. The summed E-state index contributed by atoms with van der Waals surface area (Å²) in [5.74, 6) is 0.262. The molecule has 4 rings (SSSR count). The Kier molecular flexibility index (Phi) is 6.28. The highest BCUT2D eigenvalue weighted by atomic mass is 16.6. The van der Waals surface area contributed by atoms with Gasteiger partial charge in [-0.25, -0.2) is 14.3 Å². The number of fused-ring (bicyclic) bond motifs is 1. The first-order chi connectivity index (χ1) is 15.9. The highest BCUT2D eigenvalue weighted by Gasteiger charge is 2.24. The Morgan fingerprint density at radius 1 is 1.03 bits per heavy atom. The minimum atomic E-state index is -0.689. The number of ether oxygens (including phenoxy) is 2. The zero-order chi connectivity index (χ0) is 23.4. The Balaban J connectivity index is 1.78. The number of carbonyl (C=O) groups is 1. The number of hydrogen-bond acceptors (Lipinski definition) is 7. The molecule has 0 saturated carbocycles. The molecule has 0 unspecified atom stereocenters. The number of para-hydroxylation sites is 1. The van der Waals surface area contributed by atoms with E-state index in [9.17, 15) is 9.90 Å². The quantitative estimate of drug-likeness (QED) is 0.429. The monoisotopic (exact) mass is 446 g/mol. The van der Waals surface area contributed by atoms with Crippen molar-refractivity contribution in [2.75, 3.05) is 5.32 Å². The standard InChI is InChI=1S/C25H26N4O4/c1-25(2,3)33-24(31)29-13-20(28-19-12-8-7-11-18(19)14-30)21-22(29)23(27-16-26-21)32-15-17-9-5-4-6-10-17/h4-13,16,28,30H,14-15H2,1-3H3. The number of aliphatic hydroxyl groups excluding tert-OH is 1. The summed E-state index contributed by atoms with van der Waals surface area (Å²) in [6.07, 6.45) is 2.43. The maximum atomic E-state index is 13.1. The smallest absolute Gasteiger partial charge is 0.419 e. The third kappa shape index (κ3) is 5.12. The fourth-order valence-electron chi connectivity index (χ4n) is 3.33. The molecule has 8 heteroatoms. The van der Waals surface area contributed by atoms with Crippen LogP contribution in [0.25, 0.3) is 11.0 Å². The number of aliphatic hydroxyl groups is 1. The molecular formula is C25H26N4O4. The van der Waals surface area contributed by atoms with Gasteiger partial charge in [0.1, 0.15) is 29.6 Å². The van der Waals surface area contributed by atoms with Crippen molar-refractivity contribution in [2.24, 2.45) is 0 Å². The molecule has 0 aliphatic rings. The second-order valence-corrected chi connectivity index (χ2v) is 8.48. The lowest BCUT2D eigenvalue weighted by atomic mass is 10.2. The second kappa shape index (κ2) is 9.30. The molecule has 0 fully saturated rings. The number of nitrogens with one attached hydrogen (secondary N) is 1. The summed E-state index contributed by atoms with van der Waals surface area (Å²) < 4.78 is 12.9. The first kappa shape index (κ1) is 22.3. The molecule has 0 saturated heterocycles. The molecule has 2 heterocycles. The van der Waals surface area contributed by atoms with E-state index in [1.54, 1.807) is 27.0 Å². The Labute approximate surface area is 191 Å². The van der Waals surface area contributed by atoms with Gasteiger partial charge in [0.05, 0.1) is 12.3 Å². The molecule has 170 valence electrons. The summed E-state index contributed by atoms with van der Waals surface area (Å²) in [6, 6.07) is 17.1. The lowest BCUT2D eigenvalue weighted by Crippen LogP contribution is -2.26. The van der Waals surface area contributed by atoms with Crippen LogP contribution in [0.5, 0.6) is 5.88 Å². The molecule has 0 atom stereocenters. The summed E-state index contributed by atoms with van der Waals surface area (Å²) in [5, 5.41) is 13.0. The molecule has 0 bridgehead atoms. The Bertz CT molecular complexity index is 1260. The number of rotatable bonds is 6. The number of anilines is 2. The third-order valence-corrected chi connectivity index (χ3v) is 4.81. The molecule has 33 heavy (non-hydrogen) atoms. The Hall–Kier alpha value is -3.91. The SMILES string of the molecule is CC(C)(C)OC(=O)n1cc(Nc2ccccc2CO)c2ncnc(OCc3ccccc3)c21. The first-order valence-corrected chi connectivity index (χ1v) is 10.6. The molecule has 4 aromatic rings. The van der Waals surface area contributed by atoms with Crippen molar-refractivity contribution in [1.82, 2.24) is 14.5 Å². The molecule has 0 aliphatic heterocycles. The third-order valence-electron chi connectivity index (χ3n) is 4.81. The Morgan fingerprint density at radius 2 is 1.76 bits per heavy atom. The average Bonchev–Trinajstić information content (AvgIpc) is 3.17. The van der Waals surface area contributed by atoms with Gasteiger partial charge >= 0.3 is 6.09 Å². The summed E-state index contributed by atoms with van der Waals surface area (Å²) in [7, 11) is 0. The highest BCUT2D eigenvalue weighted by molar-refractivity contribution is 5.99. The number of hydrogen-bond donors (Lipinski definition) is 2. The van der Waals surface area contributed by atoms with Crippen LogP contribution < -0.4 is 10.1 Å². The molecule has 0 aliphatic carbocycles. The van der Waals surface area contributed by atoms with Gasteiger partial charge in [-0.15, -0.1) is 0 Å². The number of benzene rings is 2. The fourth-order valence-corrected chi connectivity index (χ4v) is 3.33. The maximum absolute atomic E-state index is 13.1. The molecule has 2 aromatic carbocycles. The van der Waals surface area contributed by atoms with Crippen molar-refractivity contribution < 1.29 is 19.4 Å². The minimum Gasteiger partial charge on any atom is -0.471 e. The number of nitrogens with zero attached hydrogens (tertiary/aromatic N) is 3. The fraction of sp³-hybridized carbons (Fsp3) is 0.240. The van der Waals surface area contributed by atoms with Crippen LogP contribution in [0.3, 0.4) is 0 Å². The van der Waals surface area contributed by atoms with Crippen molar-refractivity contribution in [1.29, 1.82) is 0 Å². The summed E-state index contributed by atoms with van der Waals surface area (Å²) >= 11 is 0. The van der Waals surface area contributed by atoms with Gasteiger partial charge in [0.15, 0.2) is 0 Å². The van der Waals surface area contributed by atoms with E-state index in [2.05, 4.69) is 15.3 Å². The van der Waals surface area contributed by atoms with Gasteiger partial charge < -0.3 is 19.9 Å². The topological polar surface area (TPSA) is 98.5 Å². The lowest BCUT2D eigenvalue weighted by Gasteiger charge is -2.20. The van der Waals surface area contributed by atoms with E-state index >= 15 is 0 Å². The zero-order valence-corrected chi connectivity index (χ0v) is 18.8. The summed E-state index contributed by atoms with van der Waals surface area (Å²) in [4.78, 5) is 21.7. The van der Waals surface area contributed by atoms with Crippen LogP contribution >= 0.6 is 0 Å². The van der Waals surface area contributed by atoms with Crippen molar-refractivity contribution in [3.63, 3.8) is 0 Å². The first-order valence-electron chi connectivity index (χ1n) is 10.6. The van der Waals surface area contributed by atoms with E-state index in [-0.39, 0.29) is 19.1 Å². The predicted octanol–water partition coefficient (Wildman–Crippen LogP) is 5.03. The summed E-state index contributed by atoms with van der Waals surface area (Å²) in [6.45, 7) is 5.56. The van der Waals surface area contributed by atoms with E-state index in [0.29, 0.717) is 28.0 Å². The molecular weight excluding hydrogens is 420 g/mol. The Morgan fingerprint density at radius 3 is 2.48 bits per heavy atom. The highest BCUT2D eigenvalue weighted by Crippen LogP contribution is 2.33. The van der Waals surface area contributed by atoms with Gasteiger partial charge in [-0.2, -0.15) is 4.98 Å². The summed E-state index contributed by atoms with van der Waals surface area (Å²) in [5.41, 5.74) is 3.14. The molecule has 2 aromatic heterocycles. The molecule has 0 amide bonds. The normalized spacial score (nSPS) is 11.4. The molecule has 0 spiro atoms. The molecule has 8 nitrogen and oxygen atoms in total. The second-order valence-electron chi connectivity index (χ2n) is 8.48. The lowest BCUT2D eigenvalue weighted by molar-refractivity contribution is 0.0543. The number of carbonyl (C=O) groups excluding carboxylic acids is 1. The van der Waals surface area contributed by atoms with Gasteiger partial charge in [0, 0.05) is 17.4 Å². The van der Waals surface area contributed by atoms with Crippen LogP contribution in [0.2, 0.25) is 0 Å². The van der Waals surface area contributed by atoms with Crippen LogP contribution in [0.1, 0.15) is 31.9 Å². The molecule has 0 radical (unpaired) electrons. The van der Waals surface area contributed by atoms with Gasteiger partial charge in [-0.1, -0.05) is 48.5 Å². The van der Waals surface area contributed by atoms with Gasteiger partial charge in [-0.05, 0) is 32.4 Å². The number of aromatic nitrogens is 3. The van der Waals surface area contributed by atoms with Crippen LogP contribution in [0.4, 0.5) is 16.2 Å². The largest absolute Gasteiger partial charge is 0.471 e. The average molecular weight is 447 g/mol. The zero-order valence-electron chi connectivity index (χ0n) is 18.8. The van der Waals surface area contributed by atoms with E-state index in [0.717, 1.165) is 5.56 Å². The van der Waals surface area contributed by atoms with Gasteiger partial charge in [-0.3, -0.25) is 0 Å². The van der Waals surface area contributed by atoms with Crippen molar-refractivity contribution in [3.8, 4) is 5.88 Å². The van der Waals surface area contributed by atoms with Crippen molar-refractivity contribution in [2.45, 2.75) is 39.6 Å². The predicted molar refractivity (Wildman–Crippen MR) is 126 cm³/mol. The van der Waals surface area contributed by atoms with E-state index in [1.807, 2.05) is 54.6 Å². The van der Waals surface area contributed by atoms with E-state index in [1.165, 1.54) is 10.9 Å². The van der Waals surface area contributed by atoms with Crippen LogP contribution in [-0.2, 0) is 18.0 Å². The van der Waals surface area contributed by atoms with Crippen molar-refractivity contribution in [3.05, 3.63) is 78.2 Å². The van der Waals surface area contributed by atoms with Crippen LogP contribution in [0, 0.1) is 0 Å². The van der Waals surface area contributed by atoms with Crippen LogP contribution in [-0.4, -0.2) is 31.3 Å². The van der Waals surface area contributed by atoms with E-state index in [4.69, 9.17) is 9.47 Å². The molecule has 2 N–H and O–H groups in total. The minimum absolute atomic E-state index is 0.131. The van der Waals surface area contributed by atoms with Gasteiger partial charge in [0.25, 0.3) is 0 Å². The van der Waals surface area contributed by atoms with E-state index < -0.39 is 11.7 Å².